The molecule has 1 aromatic carbocycles. The lowest BCUT2D eigenvalue weighted by molar-refractivity contribution is -0.140. The van der Waals surface area contributed by atoms with Crippen molar-refractivity contribution in [2.24, 2.45) is 0 Å². The van der Waals surface area contributed by atoms with Gasteiger partial charge in [-0.05, 0) is 18.1 Å². The maximum Gasteiger partial charge on any atom is 0.306 e. The first-order chi connectivity index (χ1) is 9.02. The van der Waals surface area contributed by atoms with Gasteiger partial charge in [0, 0.05) is 13.7 Å². The van der Waals surface area contributed by atoms with Crippen LogP contribution in [0.4, 0.5) is 0 Å². The number of hydrogen-bond donors (Lipinski definition) is 2. The van der Waals surface area contributed by atoms with E-state index in [0.717, 1.165) is 11.1 Å². The molecule has 1 unspecified atom stereocenters. The average molecular weight is 265 g/mol. The molecular formula is C14H19NO4. The van der Waals surface area contributed by atoms with Crippen LogP contribution in [0.5, 0.6) is 0 Å². The smallest absolute Gasteiger partial charge is 0.306 e. The van der Waals surface area contributed by atoms with Crippen LogP contribution in [-0.4, -0.2) is 36.7 Å². The van der Waals surface area contributed by atoms with Crippen molar-refractivity contribution in [3.05, 3.63) is 35.4 Å². The highest BCUT2D eigenvalue weighted by Crippen LogP contribution is 2.07. The van der Waals surface area contributed by atoms with Gasteiger partial charge in [-0.25, -0.2) is 0 Å². The lowest BCUT2D eigenvalue weighted by Crippen LogP contribution is -2.35. The number of aryl methyl sites for hydroxylation is 1. The molecule has 0 saturated carbocycles. The monoisotopic (exact) mass is 265 g/mol. The van der Waals surface area contributed by atoms with E-state index in [0.29, 0.717) is 0 Å². The number of amides is 1. The molecule has 0 bridgehead atoms. The summed E-state index contributed by atoms with van der Waals surface area (Å²) in [6.45, 7) is 2.15. The summed E-state index contributed by atoms with van der Waals surface area (Å²) in [5.41, 5.74) is 2.03. The van der Waals surface area contributed by atoms with Gasteiger partial charge in [0.25, 0.3) is 0 Å². The predicted molar refractivity (Wildman–Crippen MR) is 70.9 cm³/mol. The van der Waals surface area contributed by atoms with Gasteiger partial charge in [0.05, 0.1) is 18.9 Å². The van der Waals surface area contributed by atoms with Gasteiger partial charge < -0.3 is 15.2 Å². The van der Waals surface area contributed by atoms with Crippen LogP contribution >= 0.6 is 0 Å². The second kappa shape index (κ2) is 7.53. The second-order valence-corrected chi connectivity index (χ2v) is 4.36. The number of methoxy groups -OCH3 is 1. The first-order valence-electron chi connectivity index (χ1n) is 6.08. The van der Waals surface area contributed by atoms with Crippen molar-refractivity contribution >= 4 is 11.9 Å². The number of ether oxygens (including phenoxy) is 1. The van der Waals surface area contributed by atoms with Crippen LogP contribution in [0, 0.1) is 6.92 Å². The molecule has 104 valence electrons. The summed E-state index contributed by atoms with van der Waals surface area (Å²) in [6, 6.07) is 7.66. The molecule has 1 atom stereocenters. The second-order valence-electron chi connectivity index (χ2n) is 4.36. The van der Waals surface area contributed by atoms with Crippen LogP contribution in [0.1, 0.15) is 17.5 Å². The first-order valence-corrected chi connectivity index (χ1v) is 6.08. The van der Waals surface area contributed by atoms with Gasteiger partial charge in [0.15, 0.2) is 0 Å². The molecule has 1 aromatic rings. The predicted octanol–water partition coefficient (Wildman–Crippen LogP) is 1.14. The Morgan fingerprint density at radius 3 is 2.63 bits per heavy atom. The van der Waals surface area contributed by atoms with Gasteiger partial charge in [0.1, 0.15) is 0 Å². The summed E-state index contributed by atoms with van der Waals surface area (Å²) < 4.78 is 4.99. The fourth-order valence-corrected chi connectivity index (χ4v) is 1.71. The molecule has 5 heteroatoms. The average Bonchev–Trinajstić information content (AvgIpc) is 2.37. The molecule has 19 heavy (non-hydrogen) atoms. The lowest BCUT2D eigenvalue weighted by Gasteiger charge is -2.14. The fraction of sp³-hybridized carbons (Fsp3) is 0.429. The van der Waals surface area contributed by atoms with E-state index in [9.17, 15) is 9.59 Å². The third kappa shape index (κ3) is 5.52. The van der Waals surface area contributed by atoms with Gasteiger partial charge >= 0.3 is 5.97 Å². The Bertz CT molecular complexity index is 445. The van der Waals surface area contributed by atoms with Crippen LogP contribution in [0.25, 0.3) is 0 Å². The molecule has 0 saturated heterocycles. The van der Waals surface area contributed by atoms with Crippen molar-refractivity contribution in [1.29, 1.82) is 0 Å². The largest absolute Gasteiger partial charge is 0.481 e. The highest BCUT2D eigenvalue weighted by molar-refractivity contribution is 5.79. The molecule has 0 radical (unpaired) electrons. The van der Waals surface area contributed by atoms with Crippen LogP contribution < -0.4 is 5.32 Å². The van der Waals surface area contributed by atoms with Crippen LogP contribution in [-0.2, 0) is 20.7 Å². The first kappa shape index (κ1) is 15.2. The molecule has 0 aliphatic rings. The Labute approximate surface area is 112 Å². The van der Waals surface area contributed by atoms with Crippen molar-refractivity contribution in [2.75, 3.05) is 13.7 Å². The van der Waals surface area contributed by atoms with Crippen molar-refractivity contribution in [3.8, 4) is 0 Å². The fourth-order valence-electron chi connectivity index (χ4n) is 1.71. The number of hydrogen-bond acceptors (Lipinski definition) is 3. The number of carboxylic acids is 1. The normalized spacial score (nSPS) is 11.9. The van der Waals surface area contributed by atoms with Gasteiger partial charge in [-0.15, -0.1) is 0 Å². The standard InChI is InChI=1S/C14H19NO4/c1-10-5-3-4-6-11(10)7-13(16)15-9-12(19-2)8-14(17)18/h3-6,12H,7-9H2,1-2H3,(H,15,16)(H,17,18). The molecule has 1 amide bonds. The van der Waals surface area contributed by atoms with Crippen LogP contribution in [0.2, 0.25) is 0 Å². The summed E-state index contributed by atoms with van der Waals surface area (Å²) in [7, 11) is 1.43. The van der Waals surface area contributed by atoms with Crippen LogP contribution in [0.15, 0.2) is 24.3 Å². The van der Waals surface area contributed by atoms with E-state index < -0.39 is 12.1 Å². The van der Waals surface area contributed by atoms with E-state index in [2.05, 4.69) is 5.32 Å². The highest BCUT2D eigenvalue weighted by Gasteiger charge is 2.13. The van der Waals surface area contributed by atoms with Crippen molar-refractivity contribution in [3.63, 3.8) is 0 Å². The molecule has 0 heterocycles. The summed E-state index contributed by atoms with van der Waals surface area (Å²) in [5, 5.41) is 11.3. The van der Waals surface area contributed by atoms with Gasteiger partial charge in [-0.1, -0.05) is 24.3 Å². The Hall–Kier alpha value is -1.88. The number of rotatable bonds is 7. The minimum atomic E-state index is -0.944. The zero-order valence-corrected chi connectivity index (χ0v) is 11.2. The van der Waals surface area contributed by atoms with Gasteiger partial charge in [-0.3, -0.25) is 9.59 Å². The third-order valence-corrected chi connectivity index (χ3v) is 2.87. The van der Waals surface area contributed by atoms with Crippen molar-refractivity contribution in [2.45, 2.75) is 25.9 Å². The zero-order chi connectivity index (χ0) is 14.3. The van der Waals surface area contributed by atoms with Crippen molar-refractivity contribution in [1.82, 2.24) is 5.32 Å². The molecule has 0 spiro atoms. The summed E-state index contributed by atoms with van der Waals surface area (Å²) in [4.78, 5) is 22.3. The third-order valence-electron chi connectivity index (χ3n) is 2.87. The van der Waals surface area contributed by atoms with E-state index in [1.165, 1.54) is 7.11 Å². The highest BCUT2D eigenvalue weighted by atomic mass is 16.5. The number of carbonyl (C=O) groups excluding carboxylic acids is 1. The molecule has 1 rings (SSSR count). The minimum Gasteiger partial charge on any atom is -0.481 e. The molecule has 5 nitrogen and oxygen atoms in total. The molecular weight excluding hydrogens is 246 g/mol. The van der Waals surface area contributed by atoms with E-state index in [1.54, 1.807) is 0 Å². The topological polar surface area (TPSA) is 75.6 Å². The zero-order valence-electron chi connectivity index (χ0n) is 11.2. The van der Waals surface area contributed by atoms with E-state index in [-0.39, 0.29) is 25.3 Å². The van der Waals surface area contributed by atoms with Crippen molar-refractivity contribution < 1.29 is 19.4 Å². The maximum absolute atomic E-state index is 11.8. The summed E-state index contributed by atoms with van der Waals surface area (Å²) in [5.74, 6) is -1.08. The Kier molecular flexibility index (Phi) is 6.02. The Morgan fingerprint density at radius 2 is 2.05 bits per heavy atom. The van der Waals surface area contributed by atoms with Crippen LogP contribution in [0.3, 0.4) is 0 Å². The van der Waals surface area contributed by atoms with Gasteiger partial charge in [0.2, 0.25) is 5.91 Å². The van der Waals surface area contributed by atoms with Gasteiger partial charge in [-0.2, -0.15) is 0 Å². The van der Waals surface area contributed by atoms with E-state index >= 15 is 0 Å². The number of carbonyl (C=O) groups is 2. The number of nitrogens with one attached hydrogen (secondary N) is 1. The number of carboxylic acid groups (broad SMARTS) is 1. The molecule has 0 aliphatic carbocycles. The summed E-state index contributed by atoms with van der Waals surface area (Å²) in [6.07, 6.45) is -0.338. The number of aliphatic carboxylic acids is 1. The lowest BCUT2D eigenvalue weighted by atomic mass is 10.1. The SMILES string of the molecule is COC(CNC(=O)Cc1ccccc1C)CC(=O)O. The minimum absolute atomic E-state index is 0.124. The van der Waals surface area contributed by atoms with E-state index in [1.807, 2.05) is 31.2 Å². The molecule has 0 aliphatic heterocycles. The summed E-state index contributed by atoms with van der Waals surface area (Å²) >= 11 is 0. The van der Waals surface area contributed by atoms with E-state index in [4.69, 9.17) is 9.84 Å². The Balaban J connectivity index is 2.43. The maximum atomic E-state index is 11.8. The number of benzene rings is 1. The molecule has 0 aromatic heterocycles. The Morgan fingerprint density at radius 1 is 1.37 bits per heavy atom. The molecule has 2 N–H and O–H groups in total. The quantitative estimate of drug-likeness (QED) is 0.775. The molecule has 0 fully saturated rings.